The van der Waals surface area contributed by atoms with Crippen LogP contribution in [0.5, 0.6) is 0 Å². The highest BCUT2D eigenvalue weighted by molar-refractivity contribution is 6.30. The summed E-state index contributed by atoms with van der Waals surface area (Å²) in [5.41, 5.74) is 5.56. The molecule has 108 valence electrons. The second kappa shape index (κ2) is 6.52. The quantitative estimate of drug-likeness (QED) is 0.663. The average Bonchev–Trinajstić information content (AvgIpc) is 2.25. The second-order valence-electron chi connectivity index (χ2n) is 5.30. The zero-order valence-corrected chi connectivity index (χ0v) is 12.5. The first-order valence-electron chi connectivity index (χ1n) is 5.52. The zero-order valence-electron chi connectivity index (χ0n) is 11.0. The summed E-state index contributed by atoms with van der Waals surface area (Å²) in [6.45, 7) is 5.44. The van der Waals surface area contributed by atoms with Crippen LogP contribution in [0.15, 0.2) is 18.2 Å². The summed E-state index contributed by atoms with van der Waals surface area (Å²) in [7, 11) is 0. The molecule has 0 saturated heterocycles. The Bertz CT molecular complexity index is 461. The lowest BCUT2D eigenvalue weighted by molar-refractivity contribution is -0.385. The van der Waals surface area contributed by atoms with Gasteiger partial charge in [0.25, 0.3) is 5.69 Å². The fourth-order valence-electron chi connectivity index (χ4n) is 1.67. The van der Waals surface area contributed by atoms with Crippen LogP contribution in [0.4, 0.5) is 5.69 Å². The minimum absolute atomic E-state index is 0. The Hall–Kier alpha value is -0.880. The van der Waals surface area contributed by atoms with E-state index in [0.29, 0.717) is 5.02 Å². The van der Waals surface area contributed by atoms with Crippen molar-refractivity contribution in [3.05, 3.63) is 38.9 Å². The van der Waals surface area contributed by atoms with Crippen LogP contribution in [0.2, 0.25) is 5.02 Å². The normalized spacial score (nSPS) is 14.4. The number of nitrogens with two attached hydrogens (primary N) is 1. The molecule has 0 heterocycles. The Balaban J connectivity index is 0.00000324. The van der Waals surface area contributed by atoms with Crippen LogP contribution in [0.3, 0.4) is 0 Å². The van der Waals surface area contributed by atoms with E-state index in [9.17, 15) is 15.2 Å². The molecule has 3 N–H and O–H groups in total. The number of aliphatic hydroxyl groups is 1. The Morgan fingerprint density at radius 1 is 1.42 bits per heavy atom. The van der Waals surface area contributed by atoms with Crippen LogP contribution >= 0.6 is 24.0 Å². The van der Waals surface area contributed by atoms with Crippen molar-refractivity contribution in [2.24, 2.45) is 11.1 Å². The van der Waals surface area contributed by atoms with Crippen LogP contribution in [-0.4, -0.2) is 16.1 Å². The monoisotopic (exact) mass is 308 g/mol. The minimum Gasteiger partial charge on any atom is -0.391 e. The topological polar surface area (TPSA) is 89.4 Å². The van der Waals surface area contributed by atoms with Gasteiger partial charge in [0.2, 0.25) is 0 Å². The fraction of sp³-hybridized carbons (Fsp3) is 0.500. The molecule has 7 heteroatoms. The SMILES string of the molecule is CC(C)(C)[C@@H](O)[C@@H](N)c1cc(Cl)ccc1[N+](=O)[O-].Cl. The van der Waals surface area contributed by atoms with Gasteiger partial charge < -0.3 is 10.8 Å². The van der Waals surface area contributed by atoms with Crippen molar-refractivity contribution in [2.45, 2.75) is 32.9 Å². The summed E-state index contributed by atoms with van der Waals surface area (Å²) in [5, 5.41) is 21.4. The van der Waals surface area contributed by atoms with Crippen LogP contribution < -0.4 is 5.73 Å². The first-order valence-corrected chi connectivity index (χ1v) is 5.90. The maximum absolute atomic E-state index is 10.9. The molecule has 0 radical (unpaired) electrons. The lowest BCUT2D eigenvalue weighted by Crippen LogP contribution is -2.37. The molecule has 0 aliphatic carbocycles. The molecule has 19 heavy (non-hydrogen) atoms. The predicted molar refractivity (Wildman–Crippen MR) is 77.7 cm³/mol. The molecule has 0 fully saturated rings. The molecule has 0 aromatic heterocycles. The first kappa shape index (κ1) is 18.1. The van der Waals surface area contributed by atoms with E-state index in [1.165, 1.54) is 18.2 Å². The number of nitro groups is 1. The van der Waals surface area contributed by atoms with E-state index < -0.39 is 22.5 Å². The third-order valence-corrected chi connectivity index (χ3v) is 3.01. The van der Waals surface area contributed by atoms with E-state index >= 15 is 0 Å². The predicted octanol–water partition coefficient (Wildman–Crippen LogP) is 3.08. The molecule has 0 unspecified atom stereocenters. The van der Waals surface area contributed by atoms with E-state index in [4.69, 9.17) is 17.3 Å². The molecule has 0 aliphatic rings. The van der Waals surface area contributed by atoms with Crippen molar-refractivity contribution in [1.29, 1.82) is 0 Å². The lowest BCUT2D eigenvalue weighted by Gasteiger charge is -2.30. The second-order valence-corrected chi connectivity index (χ2v) is 5.73. The first-order chi connectivity index (χ1) is 8.14. The highest BCUT2D eigenvalue weighted by atomic mass is 35.5. The van der Waals surface area contributed by atoms with Gasteiger partial charge in [-0.15, -0.1) is 12.4 Å². The van der Waals surface area contributed by atoms with E-state index in [-0.39, 0.29) is 23.7 Å². The summed E-state index contributed by atoms with van der Waals surface area (Å²) < 4.78 is 0. The van der Waals surface area contributed by atoms with Gasteiger partial charge in [-0.2, -0.15) is 0 Å². The highest BCUT2D eigenvalue weighted by Gasteiger charge is 2.32. The summed E-state index contributed by atoms with van der Waals surface area (Å²) in [4.78, 5) is 10.4. The molecular weight excluding hydrogens is 291 g/mol. The Morgan fingerprint density at radius 3 is 2.37 bits per heavy atom. The molecule has 5 nitrogen and oxygen atoms in total. The smallest absolute Gasteiger partial charge is 0.274 e. The number of hydrogen-bond acceptors (Lipinski definition) is 4. The largest absolute Gasteiger partial charge is 0.391 e. The summed E-state index contributed by atoms with van der Waals surface area (Å²) in [6.07, 6.45) is -0.908. The molecule has 0 amide bonds. The van der Waals surface area contributed by atoms with Gasteiger partial charge in [-0.1, -0.05) is 32.4 Å². The molecule has 1 aromatic rings. The molecule has 2 atom stereocenters. The number of halogens is 2. The van der Waals surface area contributed by atoms with E-state index in [0.717, 1.165) is 0 Å². The number of benzene rings is 1. The molecule has 0 saturated carbocycles. The van der Waals surface area contributed by atoms with Gasteiger partial charge in [-0.25, -0.2) is 0 Å². The van der Waals surface area contributed by atoms with Crippen molar-refractivity contribution in [1.82, 2.24) is 0 Å². The molecule has 1 aromatic carbocycles. The summed E-state index contributed by atoms with van der Waals surface area (Å²) in [6, 6.07) is 3.30. The molecule has 0 spiro atoms. The molecular formula is C12H18Cl2N2O3. The minimum atomic E-state index is -0.908. The Morgan fingerprint density at radius 2 is 1.95 bits per heavy atom. The highest BCUT2D eigenvalue weighted by Crippen LogP contribution is 2.34. The van der Waals surface area contributed by atoms with Gasteiger partial charge in [-0.3, -0.25) is 10.1 Å². The standard InChI is InChI=1S/C12H17ClN2O3.ClH/c1-12(2,3)11(16)10(14)8-6-7(13)4-5-9(8)15(17)18;/h4-6,10-11,16H,14H2,1-3H3;1H/t10-,11-;/m0./s1. The maximum atomic E-state index is 10.9. The van der Waals surface area contributed by atoms with Crippen molar-refractivity contribution in [2.75, 3.05) is 0 Å². The van der Waals surface area contributed by atoms with Gasteiger partial charge in [0.1, 0.15) is 0 Å². The molecule has 0 bridgehead atoms. The van der Waals surface area contributed by atoms with Crippen LogP contribution in [0, 0.1) is 15.5 Å². The van der Waals surface area contributed by atoms with Crippen molar-refractivity contribution in [3.63, 3.8) is 0 Å². The number of nitrogens with zero attached hydrogens (tertiary/aromatic N) is 1. The average molecular weight is 309 g/mol. The van der Waals surface area contributed by atoms with Crippen molar-refractivity contribution < 1.29 is 10.0 Å². The van der Waals surface area contributed by atoms with E-state index in [1.807, 2.05) is 20.8 Å². The Labute approximate surface area is 123 Å². The fourth-order valence-corrected chi connectivity index (χ4v) is 1.85. The lowest BCUT2D eigenvalue weighted by atomic mass is 9.82. The van der Waals surface area contributed by atoms with Gasteiger partial charge >= 0.3 is 0 Å². The molecule has 1 rings (SSSR count). The van der Waals surface area contributed by atoms with Crippen LogP contribution in [0.1, 0.15) is 32.4 Å². The summed E-state index contributed by atoms with van der Waals surface area (Å²) >= 11 is 5.82. The van der Waals surface area contributed by atoms with Crippen LogP contribution in [-0.2, 0) is 0 Å². The van der Waals surface area contributed by atoms with Gasteiger partial charge in [0.05, 0.1) is 22.6 Å². The van der Waals surface area contributed by atoms with Gasteiger partial charge in [-0.05, 0) is 17.5 Å². The number of nitro benzene ring substituents is 1. The number of aliphatic hydroxyl groups excluding tert-OH is 1. The van der Waals surface area contributed by atoms with Gasteiger partial charge in [0.15, 0.2) is 0 Å². The van der Waals surface area contributed by atoms with Crippen molar-refractivity contribution in [3.8, 4) is 0 Å². The number of rotatable bonds is 3. The number of hydrogen-bond donors (Lipinski definition) is 2. The van der Waals surface area contributed by atoms with Crippen LogP contribution in [0.25, 0.3) is 0 Å². The third kappa shape index (κ3) is 4.31. The third-order valence-electron chi connectivity index (χ3n) is 2.77. The van der Waals surface area contributed by atoms with E-state index in [2.05, 4.69) is 0 Å². The van der Waals surface area contributed by atoms with Gasteiger partial charge in [0, 0.05) is 11.1 Å². The van der Waals surface area contributed by atoms with Crippen molar-refractivity contribution >= 4 is 29.7 Å². The molecule has 0 aliphatic heterocycles. The summed E-state index contributed by atoms with van der Waals surface area (Å²) in [5.74, 6) is 0. The Kier molecular flexibility index (Phi) is 6.22. The zero-order chi connectivity index (χ0) is 14.1. The maximum Gasteiger partial charge on any atom is 0.274 e. The van der Waals surface area contributed by atoms with E-state index in [1.54, 1.807) is 0 Å².